The first-order valence-electron chi connectivity index (χ1n) is 6.78. The van der Waals surface area contributed by atoms with Crippen LogP contribution in [0, 0.1) is 24.2 Å². The van der Waals surface area contributed by atoms with Crippen LogP contribution in [-0.4, -0.2) is 27.3 Å². The number of aromatic amines is 1. The van der Waals surface area contributed by atoms with Crippen LogP contribution in [0.3, 0.4) is 0 Å². The molecule has 20 heavy (non-hydrogen) atoms. The molecule has 1 N–H and O–H groups in total. The number of nitrogens with zero attached hydrogens (tertiary/aromatic N) is 3. The number of H-pyrrole nitrogens is 1. The summed E-state index contributed by atoms with van der Waals surface area (Å²) in [5.41, 5.74) is 3.03. The van der Waals surface area contributed by atoms with Crippen molar-refractivity contribution in [3.63, 3.8) is 0 Å². The molecule has 102 valence electrons. The van der Waals surface area contributed by atoms with E-state index in [1.807, 2.05) is 30.0 Å². The average Bonchev–Trinajstić information content (AvgIpc) is 2.80. The summed E-state index contributed by atoms with van der Waals surface area (Å²) in [7, 11) is 0. The van der Waals surface area contributed by atoms with E-state index in [0.29, 0.717) is 19.5 Å². The van der Waals surface area contributed by atoms with Crippen LogP contribution in [0.15, 0.2) is 18.2 Å². The monoisotopic (exact) mass is 268 g/mol. The van der Waals surface area contributed by atoms with Crippen LogP contribution in [0.2, 0.25) is 0 Å². The van der Waals surface area contributed by atoms with Crippen molar-refractivity contribution in [2.45, 2.75) is 26.3 Å². The van der Waals surface area contributed by atoms with Gasteiger partial charge >= 0.3 is 0 Å². The molecule has 1 aromatic carbocycles. The Morgan fingerprint density at radius 3 is 3.15 bits per heavy atom. The molecule has 0 aliphatic carbocycles. The molecular formula is C15H16N4O. The van der Waals surface area contributed by atoms with E-state index < -0.39 is 0 Å². The number of hydrogen-bond donors (Lipinski definition) is 1. The third-order valence-corrected chi connectivity index (χ3v) is 3.74. The van der Waals surface area contributed by atoms with E-state index in [9.17, 15) is 4.79 Å². The van der Waals surface area contributed by atoms with Crippen LogP contribution in [0.5, 0.6) is 0 Å². The molecule has 0 radical (unpaired) electrons. The van der Waals surface area contributed by atoms with Crippen LogP contribution in [0.4, 0.5) is 0 Å². The van der Waals surface area contributed by atoms with E-state index in [-0.39, 0.29) is 11.8 Å². The van der Waals surface area contributed by atoms with Gasteiger partial charge in [-0.25, -0.2) is 4.98 Å². The van der Waals surface area contributed by atoms with Crippen LogP contribution in [-0.2, 0) is 11.3 Å². The lowest BCUT2D eigenvalue weighted by Gasteiger charge is -2.29. The van der Waals surface area contributed by atoms with E-state index >= 15 is 0 Å². The molecule has 1 aliphatic heterocycles. The van der Waals surface area contributed by atoms with Crippen molar-refractivity contribution in [1.29, 1.82) is 5.26 Å². The molecule has 2 heterocycles. The minimum atomic E-state index is -0.114. The quantitative estimate of drug-likeness (QED) is 0.906. The molecule has 1 atom stereocenters. The Labute approximate surface area is 117 Å². The molecule has 5 heteroatoms. The van der Waals surface area contributed by atoms with Crippen molar-refractivity contribution >= 4 is 16.9 Å². The van der Waals surface area contributed by atoms with Crippen LogP contribution >= 0.6 is 0 Å². The number of likely N-dealkylation sites (tertiary alicyclic amines) is 1. The zero-order valence-electron chi connectivity index (χ0n) is 11.4. The summed E-state index contributed by atoms with van der Waals surface area (Å²) in [6.45, 7) is 3.19. The summed E-state index contributed by atoms with van der Waals surface area (Å²) in [4.78, 5) is 21.4. The van der Waals surface area contributed by atoms with Gasteiger partial charge in [0.2, 0.25) is 5.91 Å². The van der Waals surface area contributed by atoms with Gasteiger partial charge in [-0.15, -0.1) is 0 Å². The molecule has 1 saturated heterocycles. The highest BCUT2D eigenvalue weighted by molar-refractivity contribution is 5.78. The Balaban J connectivity index is 1.76. The molecule has 1 fully saturated rings. The van der Waals surface area contributed by atoms with Crippen LogP contribution in [0.1, 0.15) is 24.2 Å². The summed E-state index contributed by atoms with van der Waals surface area (Å²) in [5.74, 6) is 0.850. The van der Waals surface area contributed by atoms with Gasteiger partial charge in [-0.1, -0.05) is 6.07 Å². The Hall–Kier alpha value is -2.35. The predicted molar refractivity (Wildman–Crippen MR) is 74.6 cm³/mol. The topological polar surface area (TPSA) is 72.8 Å². The second kappa shape index (κ2) is 4.97. The Bertz CT molecular complexity index is 697. The summed E-state index contributed by atoms with van der Waals surface area (Å²) in [6, 6.07) is 8.20. The highest BCUT2D eigenvalue weighted by Crippen LogP contribution is 2.21. The van der Waals surface area contributed by atoms with Crippen molar-refractivity contribution in [3.05, 3.63) is 29.6 Å². The summed E-state index contributed by atoms with van der Waals surface area (Å²) in [6.07, 6.45) is 1.12. The van der Waals surface area contributed by atoms with Gasteiger partial charge in [0.1, 0.15) is 5.82 Å². The first-order valence-corrected chi connectivity index (χ1v) is 6.78. The van der Waals surface area contributed by atoms with Crippen molar-refractivity contribution in [1.82, 2.24) is 14.9 Å². The zero-order chi connectivity index (χ0) is 14.1. The lowest BCUT2D eigenvalue weighted by atomic mass is 9.97. The number of imidazole rings is 1. The highest BCUT2D eigenvalue weighted by Gasteiger charge is 2.25. The van der Waals surface area contributed by atoms with Gasteiger partial charge in [-0.3, -0.25) is 4.79 Å². The molecule has 1 aromatic heterocycles. The first kappa shape index (κ1) is 12.7. The van der Waals surface area contributed by atoms with E-state index in [0.717, 1.165) is 28.8 Å². The van der Waals surface area contributed by atoms with Crippen LogP contribution in [0.25, 0.3) is 11.0 Å². The minimum Gasteiger partial charge on any atom is -0.342 e. The smallest absolute Gasteiger partial charge is 0.224 e. The number of carbonyl (C=O) groups is 1. The maximum Gasteiger partial charge on any atom is 0.224 e. The molecule has 3 rings (SSSR count). The van der Waals surface area contributed by atoms with Gasteiger partial charge in [0.05, 0.1) is 23.0 Å². The minimum absolute atomic E-state index is 0.0729. The van der Waals surface area contributed by atoms with E-state index in [1.54, 1.807) is 0 Å². The van der Waals surface area contributed by atoms with E-state index in [4.69, 9.17) is 5.26 Å². The average molecular weight is 268 g/mol. The number of amides is 1. The number of rotatable bonds is 2. The third-order valence-electron chi connectivity index (χ3n) is 3.74. The molecule has 0 saturated carbocycles. The number of piperidine rings is 1. The fourth-order valence-corrected chi connectivity index (χ4v) is 2.66. The molecule has 1 unspecified atom stereocenters. The standard InChI is InChI=1S/C15H16N4O/c1-10-17-13-3-2-12(6-14(13)18-10)9-19-5-4-11(8-16)7-15(19)20/h2-3,6,11H,4-5,7,9H2,1H3,(H,17,18). The van der Waals surface area contributed by atoms with Gasteiger partial charge in [0, 0.05) is 19.5 Å². The first-order chi connectivity index (χ1) is 9.65. The number of carbonyl (C=O) groups excluding carboxylic acids is 1. The summed E-state index contributed by atoms with van der Waals surface area (Å²) >= 11 is 0. The number of fused-ring (bicyclic) bond motifs is 1. The predicted octanol–water partition coefficient (Wildman–Crippen LogP) is 2.13. The van der Waals surface area contributed by atoms with E-state index in [2.05, 4.69) is 16.0 Å². The Kier molecular flexibility index (Phi) is 3.15. The Morgan fingerprint density at radius 1 is 1.55 bits per heavy atom. The lowest BCUT2D eigenvalue weighted by molar-refractivity contribution is -0.134. The zero-order valence-corrected chi connectivity index (χ0v) is 11.4. The fourth-order valence-electron chi connectivity index (χ4n) is 2.66. The fraction of sp³-hybridized carbons (Fsp3) is 0.400. The van der Waals surface area contributed by atoms with Crippen molar-refractivity contribution < 1.29 is 4.79 Å². The molecule has 1 aliphatic rings. The largest absolute Gasteiger partial charge is 0.342 e. The highest BCUT2D eigenvalue weighted by atomic mass is 16.2. The number of nitriles is 1. The molecule has 1 amide bonds. The van der Waals surface area contributed by atoms with Crippen molar-refractivity contribution in [2.24, 2.45) is 5.92 Å². The number of nitrogens with one attached hydrogen (secondary N) is 1. The molecule has 0 spiro atoms. The van der Waals surface area contributed by atoms with Gasteiger partial charge in [-0.05, 0) is 31.0 Å². The summed E-state index contributed by atoms with van der Waals surface area (Å²) < 4.78 is 0. The van der Waals surface area contributed by atoms with Crippen molar-refractivity contribution in [2.75, 3.05) is 6.54 Å². The number of aryl methyl sites for hydroxylation is 1. The number of aromatic nitrogens is 2. The van der Waals surface area contributed by atoms with Crippen LogP contribution < -0.4 is 0 Å². The van der Waals surface area contributed by atoms with Gasteiger partial charge in [0.25, 0.3) is 0 Å². The van der Waals surface area contributed by atoms with Gasteiger partial charge in [0.15, 0.2) is 0 Å². The SMILES string of the molecule is Cc1nc2ccc(CN3CCC(C#N)CC3=O)cc2[nH]1. The normalized spacial score (nSPS) is 19.3. The number of benzene rings is 1. The van der Waals surface area contributed by atoms with Crippen molar-refractivity contribution in [3.8, 4) is 6.07 Å². The molecule has 5 nitrogen and oxygen atoms in total. The lowest BCUT2D eigenvalue weighted by Crippen LogP contribution is -2.37. The maximum absolute atomic E-state index is 12.0. The molecule has 0 bridgehead atoms. The Morgan fingerprint density at radius 2 is 2.40 bits per heavy atom. The van der Waals surface area contributed by atoms with Gasteiger partial charge < -0.3 is 9.88 Å². The summed E-state index contributed by atoms with van der Waals surface area (Å²) in [5, 5.41) is 8.87. The molecular weight excluding hydrogens is 252 g/mol. The van der Waals surface area contributed by atoms with E-state index in [1.165, 1.54) is 0 Å². The van der Waals surface area contributed by atoms with Gasteiger partial charge in [-0.2, -0.15) is 5.26 Å². The third kappa shape index (κ3) is 2.37. The second-order valence-corrected chi connectivity index (χ2v) is 5.31. The number of hydrogen-bond acceptors (Lipinski definition) is 3. The molecule has 2 aromatic rings. The maximum atomic E-state index is 12.0. The second-order valence-electron chi connectivity index (χ2n) is 5.31.